The Labute approximate surface area is 75.2 Å². The fourth-order valence-electron chi connectivity index (χ4n) is 0.922. The van der Waals surface area contributed by atoms with Gasteiger partial charge in [-0.15, -0.1) is 0 Å². The maximum Gasteiger partial charge on any atom is 0.159 e. The zero-order valence-electron chi connectivity index (χ0n) is 6.34. The van der Waals surface area contributed by atoms with E-state index in [1.54, 1.807) is 24.3 Å². The summed E-state index contributed by atoms with van der Waals surface area (Å²) >= 11 is 5.74. The van der Waals surface area contributed by atoms with Crippen molar-refractivity contribution in [1.82, 2.24) is 0 Å². The first-order valence-corrected chi connectivity index (χ1v) is 3.94. The number of halogens is 2. The van der Waals surface area contributed by atoms with Gasteiger partial charge in [0.25, 0.3) is 0 Å². The van der Waals surface area contributed by atoms with Gasteiger partial charge in [-0.05, 0) is 11.6 Å². The van der Waals surface area contributed by atoms with E-state index in [0.29, 0.717) is 10.6 Å². The van der Waals surface area contributed by atoms with Gasteiger partial charge in [0, 0.05) is 11.4 Å². The molecule has 64 valence electrons. The molecule has 0 heterocycles. The Balaban J connectivity index is 2.75. The lowest BCUT2D eigenvalue weighted by molar-refractivity contribution is -0.111. The molecule has 12 heavy (non-hydrogen) atoms. The van der Waals surface area contributed by atoms with Crippen LogP contribution in [-0.4, -0.2) is 12.5 Å². The van der Waals surface area contributed by atoms with Gasteiger partial charge in [0.1, 0.15) is 0 Å². The molecule has 0 aliphatic carbocycles. The summed E-state index contributed by atoms with van der Waals surface area (Å²) in [6, 6.07) is 6.91. The van der Waals surface area contributed by atoms with E-state index in [9.17, 15) is 9.18 Å². The van der Waals surface area contributed by atoms with E-state index in [1.807, 2.05) is 0 Å². The molecular formula is C9H8ClFO. The number of hydrogen-bond acceptors (Lipinski definition) is 1. The number of alkyl halides is 1. The molecular weight excluding hydrogens is 179 g/mol. The van der Waals surface area contributed by atoms with Gasteiger partial charge in [-0.1, -0.05) is 29.8 Å². The summed E-state index contributed by atoms with van der Waals surface area (Å²) < 4.78 is 12.6. The SMILES string of the molecule is O=CC(F)Cc1ccccc1Cl. The molecule has 0 N–H and O–H groups in total. The summed E-state index contributed by atoms with van der Waals surface area (Å²) in [6.07, 6.45) is -1.11. The minimum atomic E-state index is -1.45. The third-order valence-electron chi connectivity index (χ3n) is 1.52. The van der Waals surface area contributed by atoms with Crippen LogP contribution in [0.4, 0.5) is 4.39 Å². The second kappa shape index (κ2) is 4.21. The zero-order chi connectivity index (χ0) is 8.97. The summed E-state index contributed by atoms with van der Waals surface area (Å²) in [5, 5.41) is 0.502. The number of carbonyl (C=O) groups excluding carboxylic acids is 1. The number of rotatable bonds is 3. The second-order valence-corrected chi connectivity index (χ2v) is 2.85. The zero-order valence-corrected chi connectivity index (χ0v) is 7.09. The van der Waals surface area contributed by atoms with E-state index in [2.05, 4.69) is 0 Å². The van der Waals surface area contributed by atoms with Crippen molar-refractivity contribution in [2.24, 2.45) is 0 Å². The Hall–Kier alpha value is -0.890. The smallest absolute Gasteiger partial charge is 0.159 e. The maximum absolute atomic E-state index is 12.6. The second-order valence-electron chi connectivity index (χ2n) is 2.45. The summed E-state index contributed by atoms with van der Waals surface area (Å²) in [6.45, 7) is 0. The van der Waals surface area contributed by atoms with E-state index in [1.165, 1.54) is 0 Å². The Morgan fingerprint density at radius 3 is 2.75 bits per heavy atom. The van der Waals surface area contributed by atoms with Crippen LogP contribution in [0.2, 0.25) is 5.02 Å². The molecule has 1 unspecified atom stereocenters. The van der Waals surface area contributed by atoms with Crippen molar-refractivity contribution >= 4 is 17.9 Å². The van der Waals surface area contributed by atoms with Crippen LogP contribution < -0.4 is 0 Å². The van der Waals surface area contributed by atoms with Gasteiger partial charge in [-0.25, -0.2) is 4.39 Å². The van der Waals surface area contributed by atoms with E-state index >= 15 is 0 Å². The minimum absolute atomic E-state index is 0.0587. The normalized spacial score (nSPS) is 12.5. The Bertz CT molecular complexity index is 275. The first kappa shape index (κ1) is 9.20. The quantitative estimate of drug-likeness (QED) is 0.663. The minimum Gasteiger partial charge on any atom is -0.300 e. The fourth-order valence-corrected chi connectivity index (χ4v) is 1.14. The van der Waals surface area contributed by atoms with Crippen LogP contribution in [0.3, 0.4) is 0 Å². The van der Waals surface area contributed by atoms with Gasteiger partial charge in [0.15, 0.2) is 12.5 Å². The third-order valence-corrected chi connectivity index (χ3v) is 1.89. The Morgan fingerprint density at radius 1 is 1.50 bits per heavy atom. The summed E-state index contributed by atoms with van der Waals surface area (Å²) in [5.41, 5.74) is 0.666. The molecule has 0 aromatic heterocycles. The number of aldehydes is 1. The van der Waals surface area contributed by atoms with Crippen molar-refractivity contribution < 1.29 is 9.18 Å². The molecule has 3 heteroatoms. The molecule has 0 aliphatic heterocycles. The summed E-state index contributed by atoms with van der Waals surface area (Å²) in [7, 11) is 0. The molecule has 0 fully saturated rings. The number of hydrogen-bond donors (Lipinski definition) is 0. The van der Waals surface area contributed by atoms with Crippen molar-refractivity contribution in [3.63, 3.8) is 0 Å². The lowest BCUT2D eigenvalue weighted by Gasteiger charge is -2.02. The van der Waals surface area contributed by atoms with Crippen LogP contribution in [0.1, 0.15) is 5.56 Å². The first-order valence-electron chi connectivity index (χ1n) is 3.57. The van der Waals surface area contributed by atoms with Crippen LogP contribution in [0.25, 0.3) is 0 Å². The van der Waals surface area contributed by atoms with E-state index in [-0.39, 0.29) is 12.7 Å². The number of carbonyl (C=O) groups is 1. The van der Waals surface area contributed by atoms with Gasteiger partial charge in [-0.3, -0.25) is 0 Å². The summed E-state index contributed by atoms with van der Waals surface area (Å²) in [4.78, 5) is 10.0. The van der Waals surface area contributed by atoms with Gasteiger partial charge < -0.3 is 4.79 Å². The average molecular weight is 187 g/mol. The topological polar surface area (TPSA) is 17.1 Å². The van der Waals surface area contributed by atoms with Crippen molar-refractivity contribution in [2.45, 2.75) is 12.6 Å². The molecule has 0 saturated heterocycles. The maximum atomic E-state index is 12.6. The molecule has 0 radical (unpaired) electrons. The molecule has 0 spiro atoms. The van der Waals surface area contributed by atoms with Gasteiger partial charge >= 0.3 is 0 Å². The van der Waals surface area contributed by atoms with Crippen LogP contribution in [0.15, 0.2) is 24.3 Å². The van der Waals surface area contributed by atoms with Crippen LogP contribution in [0, 0.1) is 0 Å². The van der Waals surface area contributed by atoms with Gasteiger partial charge in [-0.2, -0.15) is 0 Å². The van der Waals surface area contributed by atoms with Crippen molar-refractivity contribution in [1.29, 1.82) is 0 Å². The molecule has 1 atom stereocenters. The highest BCUT2D eigenvalue weighted by Crippen LogP contribution is 2.16. The van der Waals surface area contributed by atoms with Gasteiger partial charge in [0.2, 0.25) is 0 Å². The number of benzene rings is 1. The highest BCUT2D eigenvalue weighted by molar-refractivity contribution is 6.31. The fraction of sp³-hybridized carbons (Fsp3) is 0.222. The van der Waals surface area contributed by atoms with Crippen LogP contribution >= 0.6 is 11.6 Å². The molecule has 0 amide bonds. The monoisotopic (exact) mass is 186 g/mol. The largest absolute Gasteiger partial charge is 0.300 e. The average Bonchev–Trinajstić information content (AvgIpc) is 2.09. The van der Waals surface area contributed by atoms with Crippen LogP contribution in [-0.2, 0) is 11.2 Å². The third kappa shape index (κ3) is 2.31. The Kier molecular flexibility index (Phi) is 3.23. The lowest BCUT2D eigenvalue weighted by atomic mass is 10.1. The van der Waals surface area contributed by atoms with E-state index in [0.717, 1.165) is 0 Å². The highest BCUT2D eigenvalue weighted by atomic mass is 35.5. The van der Waals surface area contributed by atoms with Crippen molar-refractivity contribution in [3.05, 3.63) is 34.9 Å². The first-order chi connectivity index (χ1) is 5.74. The molecule has 1 aromatic rings. The lowest BCUT2D eigenvalue weighted by Crippen LogP contribution is -2.05. The molecule has 1 nitrogen and oxygen atoms in total. The standard InChI is InChI=1S/C9H8ClFO/c10-9-4-2-1-3-7(9)5-8(11)6-12/h1-4,6,8H,5H2. The highest BCUT2D eigenvalue weighted by Gasteiger charge is 2.07. The van der Waals surface area contributed by atoms with E-state index in [4.69, 9.17) is 11.6 Å². The predicted octanol–water partition coefficient (Wildman–Crippen LogP) is 2.42. The molecule has 0 bridgehead atoms. The summed E-state index contributed by atoms with van der Waals surface area (Å²) in [5.74, 6) is 0. The van der Waals surface area contributed by atoms with Gasteiger partial charge in [0.05, 0.1) is 0 Å². The van der Waals surface area contributed by atoms with Crippen molar-refractivity contribution in [3.8, 4) is 0 Å². The molecule has 1 aromatic carbocycles. The molecule has 0 saturated carbocycles. The molecule has 1 rings (SSSR count). The van der Waals surface area contributed by atoms with E-state index < -0.39 is 6.17 Å². The van der Waals surface area contributed by atoms with Crippen LogP contribution in [0.5, 0.6) is 0 Å². The predicted molar refractivity (Wildman–Crippen MR) is 46.1 cm³/mol. The Morgan fingerprint density at radius 2 is 2.17 bits per heavy atom. The molecule has 0 aliphatic rings. The van der Waals surface area contributed by atoms with Crippen molar-refractivity contribution in [2.75, 3.05) is 0 Å².